The molecule has 5 heteroatoms. The van der Waals surface area contributed by atoms with E-state index in [-0.39, 0.29) is 12.0 Å². The Labute approximate surface area is 177 Å². The highest BCUT2D eigenvalue weighted by atomic mass is 16.9. The zero-order valence-corrected chi connectivity index (χ0v) is 18.8. The summed E-state index contributed by atoms with van der Waals surface area (Å²) in [6, 6.07) is 8.35. The predicted molar refractivity (Wildman–Crippen MR) is 115 cm³/mol. The molecule has 1 aliphatic heterocycles. The average Bonchev–Trinajstić information content (AvgIpc) is 3.59. The molecule has 1 fully saturated rings. The Bertz CT molecular complexity index is 528. The Balaban J connectivity index is 1.86. The quantitative estimate of drug-likeness (QED) is 0.197. The lowest BCUT2D eigenvalue weighted by Gasteiger charge is -2.36. The minimum Gasteiger partial charge on any atom is -0.491 e. The van der Waals surface area contributed by atoms with Crippen molar-refractivity contribution in [2.45, 2.75) is 76.8 Å². The summed E-state index contributed by atoms with van der Waals surface area (Å²) < 4.78 is 28.0. The third kappa shape index (κ3) is 8.25. The van der Waals surface area contributed by atoms with Crippen LogP contribution in [-0.2, 0) is 25.4 Å². The highest BCUT2D eigenvalue weighted by Gasteiger charge is 2.39. The van der Waals surface area contributed by atoms with Gasteiger partial charge in [-0.3, -0.25) is 0 Å². The van der Waals surface area contributed by atoms with Crippen molar-refractivity contribution in [3.63, 3.8) is 0 Å². The van der Waals surface area contributed by atoms with Crippen molar-refractivity contribution in [1.82, 2.24) is 0 Å². The molecular formula is C24H40O5. The molecule has 0 N–H and O–H groups in total. The summed E-state index contributed by atoms with van der Waals surface area (Å²) >= 11 is 0. The Hall–Kier alpha value is -1.14. The molecule has 5 nitrogen and oxygen atoms in total. The van der Waals surface area contributed by atoms with Crippen LogP contribution in [0.15, 0.2) is 24.3 Å². The second-order valence-corrected chi connectivity index (χ2v) is 7.92. The van der Waals surface area contributed by atoms with Crippen LogP contribution in [0.1, 0.15) is 63.9 Å². The van der Waals surface area contributed by atoms with Gasteiger partial charge in [-0.2, -0.15) is 0 Å². The lowest BCUT2D eigenvalue weighted by Crippen LogP contribution is -2.44. The first-order valence-electron chi connectivity index (χ1n) is 11.2. The second-order valence-electron chi connectivity index (χ2n) is 7.92. The number of epoxide rings is 1. The van der Waals surface area contributed by atoms with Crippen LogP contribution < -0.4 is 4.74 Å². The molecule has 2 atom stereocenters. The minimum absolute atomic E-state index is 0.177. The average molecular weight is 409 g/mol. The van der Waals surface area contributed by atoms with E-state index in [0.29, 0.717) is 6.61 Å². The van der Waals surface area contributed by atoms with Crippen LogP contribution in [-0.4, -0.2) is 46.6 Å². The fourth-order valence-corrected chi connectivity index (χ4v) is 3.87. The summed E-state index contributed by atoms with van der Waals surface area (Å²) in [6.07, 6.45) is 10.9. The molecule has 0 radical (unpaired) electrons. The summed E-state index contributed by atoms with van der Waals surface area (Å²) in [5.41, 5.74) is 1.28. The molecule has 2 unspecified atom stereocenters. The number of benzene rings is 1. The van der Waals surface area contributed by atoms with Crippen molar-refractivity contribution in [3.05, 3.63) is 29.8 Å². The molecule has 0 aliphatic carbocycles. The van der Waals surface area contributed by atoms with Gasteiger partial charge in [0.15, 0.2) is 0 Å². The largest absolute Gasteiger partial charge is 0.491 e. The van der Waals surface area contributed by atoms with E-state index in [4.69, 9.17) is 23.7 Å². The van der Waals surface area contributed by atoms with E-state index in [1.807, 2.05) is 12.1 Å². The highest BCUT2D eigenvalue weighted by Crippen LogP contribution is 2.32. The fourth-order valence-electron chi connectivity index (χ4n) is 3.87. The van der Waals surface area contributed by atoms with Crippen molar-refractivity contribution in [3.8, 4) is 5.75 Å². The van der Waals surface area contributed by atoms with E-state index in [2.05, 4.69) is 19.1 Å². The van der Waals surface area contributed by atoms with E-state index in [1.165, 1.54) is 44.1 Å². The number of ether oxygens (including phenoxy) is 5. The standard InChI is InChI=1S/C24H40O5/c1-5-6-7-8-9-10-11-21(24(25-2,26-3)27-4)15-12-20-13-16-22(17-14-20)28-18-23-19-29-23/h13-14,16-17,21,23H,5-12,15,18-19H2,1-4H3. The lowest BCUT2D eigenvalue weighted by atomic mass is 9.91. The van der Waals surface area contributed by atoms with Gasteiger partial charge in [-0.1, -0.05) is 57.6 Å². The van der Waals surface area contributed by atoms with E-state index < -0.39 is 5.97 Å². The smallest absolute Gasteiger partial charge is 0.285 e. The molecule has 0 aromatic heterocycles. The first-order valence-corrected chi connectivity index (χ1v) is 11.2. The third-order valence-electron chi connectivity index (χ3n) is 5.80. The van der Waals surface area contributed by atoms with Gasteiger partial charge in [0.25, 0.3) is 5.97 Å². The number of methoxy groups -OCH3 is 3. The van der Waals surface area contributed by atoms with E-state index in [9.17, 15) is 0 Å². The van der Waals surface area contributed by atoms with Gasteiger partial charge in [0, 0.05) is 27.2 Å². The van der Waals surface area contributed by atoms with E-state index in [0.717, 1.165) is 31.6 Å². The van der Waals surface area contributed by atoms with Crippen molar-refractivity contribution < 1.29 is 23.7 Å². The van der Waals surface area contributed by atoms with Crippen LogP contribution >= 0.6 is 0 Å². The Morgan fingerprint density at radius 1 is 0.931 bits per heavy atom. The molecule has 0 saturated carbocycles. The van der Waals surface area contributed by atoms with Crippen molar-refractivity contribution in [2.24, 2.45) is 5.92 Å². The SMILES string of the molecule is CCCCCCCCC(CCc1ccc(OCC2CO2)cc1)C(OC)(OC)OC. The zero-order chi connectivity index (χ0) is 21.0. The van der Waals surface area contributed by atoms with E-state index in [1.54, 1.807) is 21.3 Å². The van der Waals surface area contributed by atoms with Gasteiger partial charge < -0.3 is 23.7 Å². The summed E-state index contributed by atoms with van der Waals surface area (Å²) in [7, 11) is 4.99. The molecule has 0 spiro atoms. The first-order chi connectivity index (χ1) is 14.2. The van der Waals surface area contributed by atoms with Crippen molar-refractivity contribution >= 4 is 0 Å². The van der Waals surface area contributed by atoms with Crippen LogP contribution in [0.5, 0.6) is 5.75 Å². The summed E-state index contributed by atoms with van der Waals surface area (Å²) in [4.78, 5) is 0. The molecule has 1 saturated heterocycles. The minimum atomic E-state index is -0.975. The lowest BCUT2D eigenvalue weighted by molar-refractivity contribution is -0.380. The van der Waals surface area contributed by atoms with E-state index >= 15 is 0 Å². The molecule has 1 aliphatic rings. The van der Waals surface area contributed by atoms with Gasteiger partial charge >= 0.3 is 0 Å². The third-order valence-corrected chi connectivity index (χ3v) is 5.80. The number of hydrogen-bond acceptors (Lipinski definition) is 5. The summed E-state index contributed by atoms with van der Waals surface area (Å²) in [6.45, 7) is 3.70. The van der Waals surface area contributed by atoms with Gasteiger partial charge in [0.2, 0.25) is 0 Å². The molecule has 1 aromatic rings. The maximum Gasteiger partial charge on any atom is 0.285 e. The van der Waals surface area contributed by atoms with Crippen LogP contribution in [0.25, 0.3) is 0 Å². The van der Waals surface area contributed by atoms with Gasteiger partial charge in [-0.25, -0.2) is 0 Å². The molecule has 0 amide bonds. The monoisotopic (exact) mass is 408 g/mol. The van der Waals surface area contributed by atoms with Crippen molar-refractivity contribution in [1.29, 1.82) is 0 Å². The number of unbranched alkanes of at least 4 members (excludes halogenated alkanes) is 5. The first kappa shape index (κ1) is 24.1. The molecule has 166 valence electrons. The Kier molecular flexibility index (Phi) is 11.0. The molecule has 2 rings (SSSR count). The second kappa shape index (κ2) is 13.2. The Morgan fingerprint density at radius 2 is 1.55 bits per heavy atom. The molecule has 1 aromatic carbocycles. The number of aryl methyl sites for hydroxylation is 1. The van der Waals surface area contributed by atoms with Crippen LogP contribution in [0, 0.1) is 5.92 Å². The normalized spacial score (nSPS) is 17.3. The van der Waals surface area contributed by atoms with Gasteiger partial charge in [-0.15, -0.1) is 0 Å². The van der Waals surface area contributed by atoms with Gasteiger partial charge in [-0.05, 0) is 37.0 Å². The van der Waals surface area contributed by atoms with Crippen LogP contribution in [0.3, 0.4) is 0 Å². The maximum absolute atomic E-state index is 5.73. The number of rotatable bonds is 17. The predicted octanol–water partition coefficient (Wildman–Crippen LogP) is 5.36. The van der Waals surface area contributed by atoms with Crippen LogP contribution in [0.4, 0.5) is 0 Å². The molecule has 29 heavy (non-hydrogen) atoms. The highest BCUT2D eigenvalue weighted by molar-refractivity contribution is 5.27. The van der Waals surface area contributed by atoms with Gasteiger partial charge in [0.1, 0.15) is 18.5 Å². The maximum atomic E-state index is 5.73. The molecule has 0 bridgehead atoms. The summed E-state index contributed by atoms with van der Waals surface area (Å²) in [5, 5.41) is 0. The topological polar surface area (TPSA) is 49.5 Å². The summed E-state index contributed by atoms with van der Waals surface area (Å²) in [5.74, 6) is 0.0982. The van der Waals surface area contributed by atoms with Gasteiger partial charge in [0.05, 0.1) is 6.61 Å². The van der Waals surface area contributed by atoms with Crippen LogP contribution in [0.2, 0.25) is 0 Å². The fraction of sp³-hybridized carbons (Fsp3) is 0.750. The van der Waals surface area contributed by atoms with Crippen molar-refractivity contribution in [2.75, 3.05) is 34.5 Å². The molecular weight excluding hydrogens is 368 g/mol. The molecule has 1 heterocycles. The number of hydrogen-bond donors (Lipinski definition) is 0. The Morgan fingerprint density at radius 3 is 2.14 bits per heavy atom. The zero-order valence-electron chi connectivity index (χ0n) is 18.8.